The highest BCUT2D eigenvalue weighted by Crippen LogP contribution is 2.37. The minimum Gasteiger partial charge on any atom is -0.493 e. The van der Waals surface area contributed by atoms with Gasteiger partial charge in [0.05, 0.1) is 11.6 Å². The molecule has 0 heterocycles. The fourth-order valence-corrected chi connectivity index (χ4v) is 2.93. The largest absolute Gasteiger partial charge is 0.493 e. The normalized spacial score (nSPS) is 10.9. The summed E-state index contributed by atoms with van der Waals surface area (Å²) in [4.78, 5) is 13.4. The van der Waals surface area contributed by atoms with Crippen LogP contribution in [0.15, 0.2) is 46.4 Å². The Labute approximate surface area is 167 Å². The van der Waals surface area contributed by atoms with Gasteiger partial charge in [0.25, 0.3) is 5.91 Å². The van der Waals surface area contributed by atoms with Crippen LogP contribution in [0, 0.1) is 18.3 Å². The molecule has 6 heteroatoms. The van der Waals surface area contributed by atoms with Crippen LogP contribution < -0.4 is 9.47 Å². The summed E-state index contributed by atoms with van der Waals surface area (Å²) in [6.45, 7) is 2.43. The third-order valence-corrected chi connectivity index (χ3v) is 4.41. The van der Waals surface area contributed by atoms with E-state index in [0.29, 0.717) is 28.1 Å². The molecule has 2 aromatic rings. The van der Waals surface area contributed by atoms with Crippen molar-refractivity contribution in [3.05, 3.63) is 63.1 Å². The van der Waals surface area contributed by atoms with Gasteiger partial charge in [0.1, 0.15) is 18.2 Å². The molecule has 0 N–H and O–H groups in total. The molecule has 140 valence electrons. The molecular formula is C21H21BrN2O3. The lowest BCUT2D eigenvalue weighted by molar-refractivity contribution is -0.124. The number of hydrogen-bond acceptors (Lipinski definition) is 4. The van der Waals surface area contributed by atoms with Crippen molar-refractivity contribution in [2.75, 3.05) is 21.2 Å². The Morgan fingerprint density at radius 3 is 2.48 bits per heavy atom. The second-order valence-corrected chi connectivity index (χ2v) is 7.03. The molecule has 0 spiro atoms. The van der Waals surface area contributed by atoms with E-state index < -0.39 is 0 Å². The van der Waals surface area contributed by atoms with Crippen molar-refractivity contribution in [1.82, 2.24) is 4.90 Å². The van der Waals surface area contributed by atoms with Crippen LogP contribution in [-0.2, 0) is 11.4 Å². The Morgan fingerprint density at radius 1 is 1.26 bits per heavy atom. The van der Waals surface area contributed by atoms with Gasteiger partial charge in [-0.05, 0) is 52.2 Å². The minimum atomic E-state index is -0.354. The zero-order chi connectivity index (χ0) is 20.0. The van der Waals surface area contributed by atoms with Gasteiger partial charge in [0.2, 0.25) is 0 Å². The highest BCUT2D eigenvalue weighted by atomic mass is 79.9. The lowest BCUT2D eigenvalue weighted by atomic mass is 10.1. The molecule has 0 unspecified atom stereocenters. The summed E-state index contributed by atoms with van der Waals surface area (Å²) in [5, 5.41) is 9.25. The number of ether oxygens (including phenoxy) is 2. The Hall–Kier alpha value is -2.78. The summed E-state index contributed by atoms with van der Waals surface area (Å²) in [5.74, 6) is 0.720. The number of methoxy groups -OCH3 is 1. The summed E-state index contributed by atoms with van der Waals surface area (Å²) >= 11 is 3.49. The van der Waals surface area contributed by atoms with E-state index in [1.807, 2.05) is 37.3 Å². The number of aryl methyl sites for hydroxylation is 1. The minimum absolute atomic E-state index is 0.0438. The van der Waals surface area contributed by atoms with E-state index in [9.17, 15) is 10.1 Å². The fraction of sp³-hybridized carbons (Fsp3) is 0.238. The molecule has 0 saturated heterocycles. The zero-order valence-electron chi connectivity index (χ0n) is 15.7. The second-order valence-electron chi connectivity index (χ2n) is 6.18. The highest BCUT2D eigenvalue weighted by Gasteiger charge is 2.15. The van der Waals surface area contributed by atoms with Gasteiger partial charge < -0.3 is 14.4 Å². The number of halogens is 1. The fourth-order valence-electron chi connectivity index (χ4n) is 2.35. The van der Waals surface area contributed by atoms with Crippen molar-refractivity contribution in [1.29, 1.82) is 5.26 Å². The summed E-state index contributed by atoms with van der Waals surface area (Å²) in [5.41, 5.74) is 2.94. The molecule has 0 bridgehead atoms. The molecule has 2 rings (SSSR count). The van der Waals surface area contributed by atoms with Crippen molar-refractivity contribution in [2.45, 2.75) is 13.5 Å². The average Bonchev–Trinajstić information content (AvgIpc) is 2.65. The third kappa shape index (κ3) is 5.35. The topological polar surface area (TPSA) is 62.6 Å². The maximum absolute atomic E-state index is 12.0. The molecule has 0 atom stereocenters. The van der Waals surface area contributed by atoms with Crippen LogP contribution in [-0.4, -0.2) is 32.0 Å². The Kier molecular flexibility index (Phi) is 7.03. The summed E-state index contributed by atoms with van der Waals surface area (Å²) in [7, 11) is 4.75. The van der Waals surface area contributed by atoms with Crippen molar-refractivity contribution >= 4 is 27.9 Å². The Balaban J connectivity index is 2.30. The van der Waals surface area contributed by atoms with Crippen LogP contribution in [0.25, 0.3) is 6.08 Å². The quantitative estimate of drug-likeness (QED) is 0.506. The molecule has 0 saturated carbocycles. The predicted molar refractivity (Wildman–Crippen MR) is 108 cm³/mol. The second kappa shape index (κ2) is 9.24. The van der Waals surface area contributed by atoms with E-state index >= 15 is 0 Å². The van der Waals surface area contributed by atoms with Crippen LogP contribution in [0.3, 0.4) is 0 Å². The van der Waals surface area contributed by atoms with Crippen LogP contribution in [0.5, 0.6) is 11.5 Å². The van der Waals surface area contributed by atoms with Gasteiger partial charge in [-0.25, -0.2) is 0 Å². The first-order valence-corrected chi connectivity index (χ1v) is 9.04. The molecule has 0 aromatic heterocycles. The average molecular weight is 429 g/mol. The first kappa shape index (κ1) is 20.5. The molecule has 0 radical (unpaired) electrons. The van der Waals surface area contributed by atoms with Gasteiger partial charge in [-0.3, -0.25) is 4.79 Å². The van der Waals surface area contributed by atoms with E-state index in [4.69, 9.17) is 9.47 Å². The number of carbonyl (C=O) groups excluding carboxylic acids is 1. The first-order valence-electron chi connectivity index (χ1n) is 8.25. The van der Waals surface area contributed by atoms with Crippen LogP contribution >= 0.6 is 15.9 Å². The molecule has 0 aliphatic carbocycles. The summed E-state index contributed by atoms with van der Waals surface area (Å²) in [6, 6.07) is 13.5. The van der Waals surface area contributed by atoms with Gasteiger partial charge in [0, 0.05) is 14.1 Å². The Morgan fingerprint density at radius 2 is 1.93 bits per heavy atom. The zero-order valence-corrected chi connectivity index (χ0v) is 17.3. The highest BCUT2D eigenvalue weighted by molar-refractivity contribution is 9.10. The molecular weight excluding hydrogens is 408 g/mol. The molecule has 5 nitrogen and oxygen atoms in total. The van der Waals surface area contributed by atoms with Crippen molar-refractivity contribution < 1.29 is 14.3 Å². The van der Waals surface area contributed by atoms with Crippen LogP contribution in [0.4, 0.5) is 0 Å². The van der Waals surface area contributed by atoms with Gasteiger partial charge in [-0.1, -0.05) is 29.8 Å². The maximum Gasteiger partial charge on any atom is 0.264 e. The lowest BCUT2D eigenvalue weighted by Crippen LogP contribution is -2.22. The number of nitrogens with zero attached hydrogens (tertiary/aromatic N) is 2. The third-order valence-electron chi connectivity index (χ3n) is 3.82. The number of rotatable bonds is 6. The monoisotopic (exact) mass is 428 g/mol. The lowest BCUT2D eigenvalue weighted by Gasteiger charge is -2.14. The standard InChI is InChI=1S/C21H21BrN2O3/c1-14-5-7-15(8-6-14)13-27-20-18(22)10-16(11-19(20)26-4)9-17(12-23)21(25)24(2)3/h5-11H,13H2,1-4H3/b17-9-. The first-order chi connectivity index (χ1) is 12.8. The van der Waals surface area contributed by atoms with Crippen molar-refractivity contribution in [2.24, 2.45) is 0 Å². The van der Waals surface area contributed by atoms with Crippen molar-refractivity contribution in [3.8, 4) is 17.6 Å². The molecule has 2 aromatic carbocycles. The van der Waals surface area contributed by atoms with Gasteiger partial charge >= 0.3 is 0 Å². The molecule has 1 amide bonds. The SMILES string of the molecule is COc1cc(/C=C(/C#N)C(=O)N(C)C)cc(Br)c1OCc1ccc(C)cc1. The van der Waals surface area contributed by atoms with Gasteiger partial charge in [0.15, 0.2) is 11.5 Å². The number of hydrogen-bond donors (Lipinski definition) is 0. The van der Waals surface area contributed by atoms with Crippen LogP contribution in [0.1, 0.15) is 16.7 Å². The number of likely N-dealkylation sites (N-methyl/N-ethyl adjacent to an activating group) is 1. The molecule has 27 heavy (non-hydrogen) atoms. The van der Waals surface area contributed by atoms with E-state index in [0.717, 1.165) is 5.56 Å². The number of nitriles is 1. The van der Waals surface area contributed by atoms with Crippen molar-refractivity contribution in [3.63, 3.8) is 0 Å². The summed E-state index contributed by atoms with van der Waals surface area (Å²) < 4.78 is 12.0. The van der Waals surface area contributed by atoms with E-state index in [-0.39, 0.29) is 11.5 Å². The van der Waals surface area contributed by atoms with E-state index in [1.165, 1.54) is 16.5 Å². The molecule has 0 fully saturated rings. The predicted octanol–water partition coefficient (Wildman–Crippen LogP) is 4.34. The van der Waals surface area contributed by atoms with E-state index in [1.54, 1.807) is 33.3 Å². The summed E-state index contributed by atoms with van der Waals surface area (Å²) in [6.07, 6.45) is 1.53. The maximum atomic E-state index is 12.0. The molecule has 0 aliphatic heterocycles. The number of amides is 1. The molecule has 0 aliphatic rings. The van der Waals surface area contributed by atoms with Gasteiger partial charge in [-0.15, -0.1) is 0 Å². The van der Waals surface area contributed by atoms with E-state index in [2.05, 4.69) is 15.9 Å². The smallest absolute Gasteiger partial charge is 0.264 e. The van der Waals surface area contributed by atoms with Crippen LogP contribution in [0.2, 0.25) is 0 Å². The number of carbonyl (C=O) groups is 1. The van der Waals surface area contributed by atoms with Gasteiger partial charge in [-0.2, -0.15) is 5.26 Å². The Bertz CT molecular complexity index is 897. The number of benzene rings is 2.